The normalized spacial score (nSPS) is 15.0. The van der Waals surface area contributed by atoms with Crippen molar-refractivity contribution in [1.82, 2.24) is 4.90 Å². The molecule has 4 rings (SSSR count). The SMILES string of the molecule is CN1CCOc2ccc(NC(=O)Nc3ccc4c(c3)OCO4)cc2C1=O. The van der Waals surface area contributed by atoms with Gasteiger partial charge in [-0.2, -0.15) is 0 Å². The van der Waals surface area contributed by atoms with Crippen molar-refractivity contribution < 1.29 is 23.8 Å². The van der Waals surface area contributed by atoms with Gasteiger partial charge in [-0.1, -0.05) is 0 Å². The van der Waals surface area contributed by atoms with Crippen molar-refractivity contribution in [2.24, 2.45) is 0 Å². The summed E-state index contributed by atoms with van der Waals surface area (Å²) in [5.41, 5.74) is 1.49. The third-order valence-corrected chi connectivity index (χ3v) is 4.13. The van der Waals surface area contributed by atoms with Crippen molar-refractivity contribution in [3.8, 4) is 17.2 Å². The molecule has 0 fully saturated rings. The lowest BCUT2D eigenvalue weighted by atomic mass is 10.1. The third-order valence-electron chi connectivity index (χ3n) is 4.13. The highest BCUT2D eigenvalue weighted by Crippen LogP contribution is 2.34. The van der Waals surface area contributed by atoms with E-state index in [1.807, 2.05) is 0 Å². The molecule has 2 heterocycles. The van der Waals surface area contributed by atoms with E-state index in [0.717, 1.165) is 0 Å². The maximum atomic E-state index is 12.4. The van der Waals surface area contributed by atoms with E-state index < -0.39 is 6.03 Å². The molecule has 0 aliphatic carbocycles. The highest BCUT2D eigenvalue weighted by atomic mass is 16.7. The number of nitrogens with one attached hydrogen (secondary N) is 2. The number of anilines is 2. The van der Waals surface area contributed by atoms with E-state index in [1.165, 1.54) is 0 Å². The van der Waals surface area contributed by atoms with Crippen LogP contribution < -0.4 is 24.8 Å². The van der Waals surface area contributed by atoms with E-state index in [9.17, 15) is 9.59 Å². The number of urea groups is 1. The Balaban J connectivity index is 1.48. The van der Waals surface area contributed by atoms with E-state index in [-0.39, 0.29) is 12.7 Å². The number of carbonyl (C=O) groups excluding carboxylic acids is 2. The zero-order valence-electron chi connectivity index (χ0n) is 14.1. The quantitative estimate of drug-likeness (QED) is 0.864. The molecule has 0 unspecified atom stereocenters. The first-order chi connectivity index (χ1) is 12.6. The van der Waals surface area contributed by atoms with Gasteiger partial charge in [0.05, 0.1) is 12.1 Å². The van der Waals surface area contributed by atoms with Gasteiger partial charge in [0.2, 0.25) is 6.79 Å². The summed E-state index contributed by atoms with van der Waals surface area (Å²) >= 11 is 0. The number of benzene rings is 2. The molecule has 8 heteroatoms. The first-order valence-corrected chi connectivity index (χ1v) is 8.10. The fourth-order valence-electron chi connectivity index (χ4n) is 2.77. The van der Waals surface area contributed by atoms with Crippen LogP contribution in [0.4, 0.5) is 16.2 Å². The number of ether oxygens (including phenoxy) is 3. The van der Waals surface area contributed by atoms with Gasteiger partial charge >= 0.3 is 6.03 Å². The van der Waals surface area contributed by atoms with Gasteiger partial charge in [0.15, 0.2) is 11.5 Å². The Morgan fingerprint density at radius 3 is 2.46 bits per heavy atom. The highest BCUT2D eigenvalue weighted by Gasteiger charge is 2.21. The Morgan fingerprint density at radius 1 is 0.962 bits per heavy atom. The van der Waals surface area contributed by atoms with Crippen LogP contribution in [0, 0.1) is 0 Å². The maximum absolute atomic E-state index is 12.4. The van der Waals surface area contributed by atoms with Crippen molar-refractivity contribution in [3.63, 3.8) is 0 Å². The van der Waals surface area contributed by atoms with E-state index in [2.05, 4.69) is 10.6 Å². The third kappa shape index (κ3) is 3.08. The van der Waals surface area contributed by atoms with Crippen LogP contribution in [0.2, 0.25) is 0 Å². The average molecular weight is 355 g/mol. The Bertz CT molecular complexity index is 883. The molecule has 26 heavy (non-hydrogen) atoms. The predicted octanol–water partition coefficient (Wildman–Crippen LogP) is 2.52. The minimum absolute atomic E-state index is 0.141. The van der Waals surface area contributed by atoms with Gasteiger partial charge in [-0.15, -0.1) is 0 Å². The van der Waals surface area contributed by atoms with Gasteiger partial charge in [0, 0.05) is 24.5 Å². The van der Waals surface area contributed by atoms with Crippen LogP contribution in [-0.4, -0.2) is 43.8 Å². The minimum Gasteiger partial charge on any atom is -0.491 e. The van der Waals surface area contributed by atoms with E-state index >= 15 is 0 Å². The molecular formula is C18H17N3O5. The molecule has 0 aromatic heterocycles. The largest absolute Gasteiger partial charge is 0.491 e. The fraction of sp³-hybridized carbons (Fsp3) is 0.222. The molecule has 2 aromatic rings. The first-order valence-electron chi connectivity index (χ1n) is 8.10. The Kier molecular flexibility index (Phi) is 4.00. The van der Waals surface area contributed by atoms with Crippen LogP contribution in [0.3, 0.4) is 0 Å². The highest BCUT2D eigenvalue weighted by molar-refractivity contribution is 6.02. The van der Waals surface area contributed by atoms with Crippen molar-refractivity contribution >= 4 is 23.3 Å². The van der Waals surface area contributed by atoms with Crippen LogP contribution in [0.5, 0.6) is 17.2 Å². The molecule has 2 aromatic carbocycles. The lowest BCUT2D eigenvalue weighted by Crippen LogP contribution is -2.28. The zero-order valence-corrected chi connectivity index (χ0v) is 14.1. The Morgan fingerprint density at radius 2 is 1.65 bits per heavy atom. The molecular weight excluding hydrogens is 338 g/mol. The van der Waals surface area contributed by atoms with Gasteiger partial charge in [0.1, 0.15) is 12.4 Å². The summed E-state index contributed by atoms with van der Waals surface area (Å²) < 4.78 is 16.1. The van der Waals surface area contributed by atoms with Gasteiger partial charge < -0.3 is 29.7 Å². The van der Waals surface area contributed by atoms with Crippen LogP contribution >= 0.6 is 0 Å². The second-order valence-electron chi connectivity index (χ2n) is 5.93. The topological polar surface area (TPSA) is 89.1 Å². The lowest BCUT2D eigenvalue weighted by molar-refractivity contribution is 0.0796. The van der Waals surface area contributed by atoms with E-state index in [4.69, 9.17) is 14.2 Å². The molecule has 2 N–H and O–H groups in total. The Labute approximate surface area is 149 Å². The number of carbonyl (C=O) groups is 2. The van der Waals surface area contributed by atoms with Crippen LogP contribution in [-0.2, 0) is 0 Å². The smallest absolute Gasteiger partial charge is 0.323 e. The summed E-state index contributed by atoms with van der Waals surface area (Å²) in [4.78, 5) is 26.2. The first kappa shape index (κ1) is 16.1. The van der Waals surface area contributed by atoms with Crippen molar-refractivity contribution in [1.29, 1.82) is 0 Å². The number of nitrogens with zero attached hydrogens (tertiary/aromatic N) is 1. The van der Waals surface area contributed by atoms with Gasteiger partial charge in [0.25, 0.3) is 5.91 Å². The van der Waals surface area contributed by atoms with Crippen molar-refractivity contribution in [3.05, 3.63) is 42.0 Å². The molecule has 0 saturated heterocycles. The molecule has 0 spiro atoms. The summed E-state index contributed by atoms with van der Waals surface area (Å²) in [7, 11) is 1.72. The Hall–Kier alpha value is -3.42. The van der Waals surface area contributed by atoms with Crippen LogP contribution in [0.25, 0.3) is 0 Å². The molecule has 0 atom stereocenters. The maximum Gasteiger partial charge on any atom is 0.323 e. The molecule has 134 valence electrons. The molecule has 0 bridgehead atoms. The number of amides is 3. The number of hydrogen-bond donors (Lipinski definition) is 2. The monoisotopic (exact) mass is 355 g/mol. The van der Waals surface area contributed by atoms with Crippen LogP contribution in [0.1, 0.15) is 10.4 Å². The summed E-state index contributed by atoms with van der Waals surface area (Å²) in [6, 6.07) is 9.69. The minimum atomic E-state index is -0.431. The van der Waals surface area contributed by atoms with Gasteiger partial charge in [-0.05, 0) is 30.3 Å². The number of fused-ring (bicyclic) bond motifs is 2. The van der Waals surface area contributed by atoms with E-state index in [0.29, 0.717) is 47.3 Å². The summed E-state index contributed by atoms with van der Waals surface area (Å²) in [6.45, 7) is 1.12. The molecule has 2 aliphatic heterocycles. The summed E-state index contributed by atoms with van der Waals surface area (Å²) in [5, 5.41) is 5.44. The van der Waals surface area contributed by atoms with Crippen molar-refractivity contribution in [2.75, 3.05) is 37.6 Å². The molecule has 8 nitrogen and oxygen atoms in total. The lowest BCUT2D eigenvalue weighted by Gasteiger charge is -2.13. The molecule has 0 saturated carbocycles. The number of likely N-dealkylation sites (N-methyl/N-ethyl adjacent to an activating group) is 1. The van der Waals surface area contributed by atoms with E-state index in [1.54, 1.807) is 48.3 Å². The second kappa shape index (κ2) is 6.47. The zero-order chi connectivity index (χ0) is 18.1. The summed E-state index contributed by atoms with van der Waals surface area (Å²) in [5.74, 6) is 1.60. The number of hydrogen-bond acceptors (Lipinski definition) is 5. The molecule has 2 aliphatic rings. The average Bonchev–Trinajstić information content (AvgIpc) is 3.04. The predicted molar refractivity (Wildman–Crippen MR) is 94.1 cm³/mol. The molecule has 3 amide bonds. The van der Waals surface area contributed by atoms with Crippen LogP contribution in [0.15, 0.2) is 36.4 Å². The standard InChI is InChI=1S/C18H17N3O5/c1-21-6-7-24-14-4-2-11(8-13(14)17(21)22)19-18(23)20-12-3-5-15-16(9-12)26-10-25-15/h2-5,8-9H,6-7,10H2,1H3,(H2,19,20,23). The molecule has 0 radical (unpaired) electrons. The second-order valence-corrected chi connectivity index (χ2v) is 5.93. The van der Waals surface area contributed by atoms with Crippen molar-refractivity contribution in [2.45, 2.75) is 0 Å². The van der Waals surface area contributed by atoms with Gasteiger partial charge in [-0.25, -0.2) is 4.79 Å². The fourth-order valence-corrected chi connectivity index (χ4v) is 2.77. The number of rotatable bonds is 2. The summed E-state index contributed by atoms with van der Waals surface area (Å²) in [6.07, 6.45) is 0. The van der Waals surface area contributed by atoms with Gasteiger partial charge in [-0.3, -0.25) is 4.79 Å².